The molecule has 1 aromatic heterocycles. The Kier molecular flexibility index (Phi) is 5.64. The lowest BCUT2D eigenvalue weighted by molar-refractivity contribution is -0.141. The van der Waals surface area contributed by atoms with Gasteiger partial charge in [-0.15, -0.1) is 11.8 Å². The van der Waals surface area contributed by atoms with E-state index in [2.05, 4.69) is 15.0 Å². The molecule has 1 aromatic carbocycles. The van der Waals surface area contributed by atoms with Crippen molar-refractivity contribution in [2.45, 2.75) is 11.5 Å². The number of benzene rings is 1. The van der Waals surface area contributed by atoms with Gasteiger partial charge in [0.2, 0.25) is 11.9 Å². The van der Waals surface area contributed by atoms with E-state index in [1.165, 1.54) is 11.8 Å². The highest BCUT2D eigenvalue weighted by atomic mass is 35.5. The van der Waals surface area contributed by atoms with Crippen molar-refractivity contribution in [3.63, 3.8) is 0 Å². The summed E-state index contributed by atoms with van der Waals surface area (Å²) in [6.07, 6.45) is 0. The Morgan fingerprint density at radius 1 is 1.18 bits per heavy atom. The molecule has 4 N–H and O–H groups in total. The van der Waals surface area contributed by atoms with Crippen molar-refractivity contribution in [2.75, 3.05) is 17.2 Å². The topological polar surface area (TPSA) is 117 Å². The maximum atomic E-state index is 11.7. The highest BCUT2D eigenvalue weighted by molar-refractivity contribution is 8.00. The number of esters is 1. The number of rotatable bonds is 5. The smallest absolute Gasteiger partial charge is 0.316 e. The molecule has 2 rings (SSSR count). The summed E-state index contributed by atoms with van der Waals surface area (Å²) in [4.78, 5) is 23.6. The number of halogens is 2. The number of nitrogen functional groups attached to an aromatic ring is 2. The van der Waals surface area contributed by atoms with Crippen LogP contribution in [0.2, 0.25) is 10.0 Å². The van der Waals surface area contributed by atoms with Gasteiger partial charge in [-0.1, -0.05) is 23.2 Å². The Hall–Kier alpha value is -1.77. The minimum Gasteiger partial charge on any atom is -0.457 e. The van der Waals surface area contributed by atoms with Crippen LogP contribution in [0.3, 0.4) is 0 Å². The fourth-order valence-electron chi connectivity index (χ4n) is 1.43. The van der Waals surface area contributed by atoms with E-state index in [4.69, 9.17) is 39.4 Å². The third-order valence-corrected chi connectivity index (χ3v) is 4.02. The largest absolute Gasteiger partial charge is 0.457 e. The van der Waals surface area contributed by atoms with E-state index in [9.17, 15) is 4.79 Å². The second-order valence-electron chi connectivity index (χ2n) is 3.99. The molecule has 0 aliphatic heterocycles. The molecule has 10 heteroatoms. The molecular formula is C12H11Cl2N5O2S. The summed E-state index contributed by atoms with van der Waals surface area (Å²) in [6.45, 7) is -0.139. The van der Waals surface area contributed by atoms with Crippen LogP contribution in [-0.4, -0.2) is 26.7 Å². The number of thioether (sulfide) groups is 1. The highest BCUT2D eigenvalue weighted by Crippen LogP contribution is 2.29. The quantitative estimate of drug-likeness (QED) is 0.615. The number of aromatic nitrogens is 3. The maximum Gasteiger partial charge on any atom is 0.316 e. The molecule has 0 saturated heterocycles. The average Bonchev–Trinajstić information content (AvgIpc) is 2.45. The summed E-state index contributed by atoms with van der Waals surface area (Å²) in [5.41, 5.74) is 10.8. The van der Waals surface area contributed by atoms with Crippen LogP contribution in [0.5, 0.6) is 0 Å². The molecule has 2 aromatic rings. The van der Waals surface area contributed by atoms with Crippen molar-refractivity contribution < 1.29 is 9.53 Å². The number of carbonyl (C=O) groups is 1. The lowest BCUT2D eigenvalue weighted by Gasteiger charge is -2.06. The van der Waals surface area contributed by atoms with Gasteiger partial charge in [0.1, 0.15) is 0 Å². The summed E-state index contributed by atoms with van der Waals surface area (Å²) >= 11 is 13.1. The fourth-order valence-corrected chi connectivity index (χ4v) is 2.72. The Balaban J connectivity index is 1.86. The van der Waals surface area contributed by atoms with Gasteiger partial charge in [-0.2, -0.15) is 15.0 Å². The molecule has 116 valence electrons. The van der Waals surface area contributed by atoms with Gasteiger partial charge in [-0.05, 0) is 18.2 Å². The average molecular weight is 360 g/mol. The van der Waals surface area contributed by atoms with Crippen molar-refractivity contribution in [3.8, 4) is 0 Å². The first-order valence-electron chi connectivity index (χ1n) is 5.93. The molecule has 22 heavy (non-hydrogen) atoms. The molecule has 0 spiro atoms. The van der Waals surface area contributed by atoms with Crippen LogP contribution in [-0.2, 0) is 16.1 Å². The molecule has 0 bridgehead atoms. The zero-order chi connectivity index (χ0) is 16.1. The van der Waals surface area contributed by atoms with E-state index in [1.807, 2.05) is 0 Å². The lowest BCUT2D eigenvalue weighted by atomic mass is 10.4. The molecule has 7 nitrogen and oxygen atoms in total. The van der Waals surface area contributed by atoms with Crippen LogP contribution in [0.4, 0.5) is 11.9 Å². The lowest BCUT2D eigenvalue weighted by Crippen LogP contribution is -2.12. The Morgan fingerprint density at radius 3 is 2.55 bits per heavy atom. The molecular weight excluding hydrogens is 349 g/mol. The number of hydrogen-bond acceptors (Lipinski definition) is 8. The second-order valence-corrected chi connectivity index (χ2v) is 5.85. The Labute approximate surface area is 140 Å². The third kappa shape index (κ3) is 4.90. The third-order valence-electron chi connectivity index (χ3n) is 2.32. The minimum absolute atomic E-state index is 0.0290. The van der Waals surface area contributed by atoms with Gasteiger partial charge in [0.25, 0.3) is 0 Å². The standard InChI is InChI=1S/C12H11Cl2N5O2S/c13-6-1-2-7(14)8(3-6)22-5-10(20)21-4-9-17-11(15)19-12(16)18-9/h1-3H,4-5H2,(H4,15,16,17,18,19). The predicted molar refractivity (Wildman–Crippen MR) is 85.6 cm³/mol. The van der Waals surface area contributed by atoms with Crippen molar-refractivity contribution in [1.29, 1.82) is 0 Å². The molecule has 0 amide bonds. The van der Waals surface area contributed by atoms with E-state index in [1.54, 1.807) is 18.2 Å². The number of nitrogens with two attached hydrogens (primary N) is 2. The summed E-state index contributed by atoms with van der Waals surface area (Å²) in [5, 5.41) is 1.05. The van der Waals surface area contributed by atoms with Crippen LogP contribution in [0.15, 0.2) is 23.1 Å². The summed E-state index contributed by atoms with van der Waals surface area (Å²) in [6, 6.07) is 5.00. The Morgan fingerprint density at radius 2 is 1.86 bits per heavy atom. The van der Waals surface area contributed by atoms with E-state index >= 15 is 0 Å². The fraction of sp³-hybridized carbons (Fsp3) is 0.167. The van der Waals surface area contributed by atoms with Gasteiger partial charge >= 0.3 is 5.97 Å². The number of ether oxygens (including phenoxy) is 1. The molecule has 0 saturated carbocycles. The SMILES string of the molecule is Nc1nc(N)nc(COC(=O)CSc2cc(Cl)ccc2Cl)n1. The van der Waals surface area contributed by atoms with E-state index in [-0.39, 0.29) is 30.1 Å². The number of nitrogens with zero attached hydrogens (tertiary/aromatic N) is 3. The van der Waals surface area contributed by atoms with E-state index in [0.717, 1.165) is 0 Å². The first-order valence-corrected chi connectivity index (χ1v) is 7.67. The maximum absolute atomic E-state index is 11.7. The summed E-state index contributed by atoms with van der Waals surface area (Å²) < 4.78 is 5.03. The van der Waals surface area contributed by atoms with Gasteiger partial charge in [0.05, 0.1) is 10.8 Å². The zero-order valence-electron chi connectivity index (χ0n) is 11.1. The molecule has 0 radical (unpaired) electrons. The molecule has 0 fully saturated rings. The summed E-state index contributed by atoms with van der Waals surface area (Å²) in [7, 11) is 0. The number of hydrogen-bond donors (Lipinski definition) is 2. The van der Waals surface area contributed by atoms with Crippen LogP contribution >= 0.6 is 35.0 Å². The molecule has 0 atom stereocenters. The molecule has 0 aliphatic rings. The van der Waals surface area contributed by atoms with Gasteiger partial charge in [-0.3, -0.25) is 4.79 Å². The molecule has 1 heterocycles. The first kappa shape index (κ1) is 16.6. The number of anilines is 2. The zero-order valence-corrected chi connectivity index (χ0v) is 13.5. The van der Waals surface area contributed by atoms with Gasteiger partial charge in [0.15, 0.2) is 12.4 Å². The molecule has 0 unspecified atom stereocenters. The van der Waals surface area contributed by atoms with Crippen LogP contribution in [0.1, 0.15) is 5.82 Å². The van der Waals surface area contributed by atoms with Crippen molar-refractivity contribution in [3.05, 3.63) is 34.1 Å². The van der Waals surface area contributed by atoms with Crippen LogP contribution < -0.4 is 11.5 Å². The predicted octanol–water partition coefficient (Wildman–Crippen LogP) is 2.18. The van der Waals surface area contributed by atoms with E-state index < -0.39 is 5.97 Å². The minimum atomic E-state index is -0.460. The van der Waals surface area contributed by atoms with Gasteiger partial charge in [-0.25, -0.2) is 0 Å². The first-order chi connectivity index (χ1) is 10.4. The van der Waals surface area contributed by atoms with Crippen LogP contribution in [0.25, 0.3) is 0 Å². The second kappa shape index (κ2) is 7.48. The van der Waals surface area contributed by atoms with Crippen LogP contribution in [0, 0.1) is 0 Å². The van der Waals surface area contributed by atoms with Gasteiger partial charge < -0.3 is 16.2 Å². The summed E-state index contributed by atoms with van der Waals surface area (Å²) in [5.74, 6) is -0.268. The van der Waals surface area contributed by atoms with E-state index in [0.29, 0.717) is 14.9 Å². The van der Waals surface area contributed by atoms with Crippen molar-refractivity contribution in [1.82, 2.24) is 15.0 Å². The van der Waals surface area contributed by atoms with Crippen molar-refractivity contribution in [2.24, 2.45) is 0 Å². The monoisotopic (exact) mass is 359 g/mol. The molecule has 0 aliphatic carbocycles. The van der Waals surface area contributed by atoms with Crippen molar-refractivity contribution >= 4 is 52.8 Å². The van der Waals surface area contributed by atoms with Gasteiger partial charge in [0, 0.05) is 9.92 Å². The normalized spacial score (nSPS) is 10.5. The highest BCUT2D eigenvalue weighted by Gasteiger charge is 2.10. The Bertz CT molecular complexity index is 681. The number of carbonyl (C=O) groups excluding carboxylic acids is 1.